The Bertz CT molecular complexity index is 356. The highest BCUT2D eigenvalue weighted by atomic mass is 16.5. The number of hydrogen-bond acceptors (Lipinski definition) is 3. The lowest BCUT2D eigenvalue weighted by atomic mass is 10.0. The van der Waals surface area contributed by atoms with Gasteiger partial charge in [0.25, 0.3) is 0 Å². The normalized spacial score (nSPS) is 10.4. The van der Waals surface area contributed by atoms with E-state index in [1.165, 1.54) is 0 Å². The summed E-state index contributed by atoms with van der Waals surface area (Å²) in [6.07, 6.45) is 0.297. The molecule has 0 atom stereocenters. The van der Waals surface area contributed by atoms with Gasteiger partial charge in [0.15, 0.2) is 11.5 Å². The van der Waals surface area contributed by atoms with Crippen LogP contribution in [0.1, 0.15) is 38.7 Å². The lowest BCUT2D eigenvalue weighted by Crippen LogP contribution is -2.06. The highest BCUT2D eigenvalue weighted by molar-refractivity contribution is 5.73. The van der Waals surface area contributed by atoms with Gasteiger partial charge in [-0.3, -0.25) is 4.79 Å². The molecule has 0 radical (unpaired) electrons. The van der Waals surface area contributed by atoms with E-state index < -0.39 is 0 Å². The van der Waals surface area contributed by atoms with E-state index in [-0.39, 0.29) is 23.4 Å². The highest BCUT2D eigenvalue weighted by Gasteiger charge is 2.12. The van der Waals surface area contributed by atoms with Crippen LogP contribution in [0.2, 0.25) is 0 Å². The zero-order chi connectivity index (χ0) is 11.4. The molecule has 1 rings (SSSR count). The van der Waals surface area contributed by atoms with Gasteiger partial charge in [0.2, 0.25) is 0 Å². The van der Waals surface area contributed by atoms with Crippen molar-refractivity contribution in [3.05, 3.63) is 23.8 Å². The van der Waals surface area contributed by atoms with Crippen LogP contribution in [0.4, 0.5) is 0 Å². The predicted molar refractivity (Wildman–Crippen MR) is 58.1 cm³/mol. The molecule has 0 amide bonds. The fourth-order valence-electron chi connectivity index (χ4n) is 1.28. The summed E-state index contributed by atoms with van der Waals surface area (Å²) in [4.78, 5) is 11.1. The maximum Gasteiger partial charge on any atom is 0.311 e. The van der Waals surface area contributed by atoms with Crippen LogP contribution in [0.5, 0.6) is 11.5 Å². The molecule has 0 aromatic heterocycles. The van der Waals surface area contributed by atoms with Crippen molar-refractivity contribution in [1.29, 1.82) is 0 Å². The van der Waals surface area contributed by atoms with E-state index in [0.717, 1.165) is 5.56 Å². The van der Waals surface area contributed by atoms with Crippen LogP contribution < -0.4 is 4.74 Å². The van der Waals surface area contributed by atoms with Gasteiger partial charge in [-0.05, 0) is 12.0 Å². The summed E-state index contributed by atoms with van der Waals surface area (Å²) < 4.78 is 5.00. The fraction of sp³-hybridized carbons (Fsp3) is 0.417. The molecule has 0 unspecified atom stereocenters. The third-order valence-corrected chi connectivity index (χ3v) is 2.16. The van der Waals surface area contributed by atoms with E-state index in [4.69, 9.17) is 4.74 Å². The van der Waals surface area contributed by atoms with Gasteiger partial charge in [0, 0.05) is 12.0 Å². The highest BCUT2D eigenvalue weighted by Crippen LogP contribution is 2.34. The first-order valence-corrected chi connectivity index (χ1v) is 5.08. The van der Waals surface area contributed by atoms with Crippen LogP contribution in [0, 0.1) is 0 Å². The van der Waals surface area contributed by atoms with Crippen LogP contribution in [0.15, 0.2) is 18.2 Å². The maximum absolute atomic E-state index is 11.1. The fourth-order valence-corrected chi connectivity index (χ4v) is 1.28. The van der Waals surface area contributed by atoms with Crippen molar-refractivity contribution < 1.29 is 14.6 Å². The Morgan fingerprint density at radius 3 is 2.67 bits per heavy atom. The molecule has 1 aromatic rings. The molecule has 0 spiro atoms. The average Bonchev–Trinajstić information content (AvgIpc) is 2.20. The minimum absolute atomic E-state index is 0.0642. The number of phenols is 1. The first-order valence-electron chi connectivity index (χ1n) is 5.08. The lowest BCUT2D eigenvalue weighted by molar-refractivity contribution is -0.134. The molecular formula is C12H16O3. The molecule has 0 fully saturated rings. The Morgan fingerprint density at radius 2 is 2.13 bits per heavy atom. The molecule has 82 valence electrons. The third kappa shape index (κ3) is 2.72. The quantitative estimate of drug-likeness (QED) is 0.613. The summed E-state index contributed by atoms with van der Waals surface area (Å²) in [6.45, 7) is 5.66. The van der Waals surface area contributed by atoms with E-state index in [1.54, 1.807) is 19.1 Å². The smallest absolute Gasteiger partial charge is 0.311 e. The number of aromatic hydroxyl groups is 1. The number of hydrogen-bond donors (Lipinski definition) is 1. The Labute approximate surface area is 89.7 Å². The Kier molecular flexibility index (Phi) is 3.72. The number of rotatable bonds is 3. The van der Waals surface area contributed by atoms with Gasteiger partial charge in [-0.25, -0.2) is 0 Å². The summed E-state index contributed by atoms with van der Waals surface area (Å²) in [6, 6.07) is 5.19. The molecule has 0 saturated carbocycles. The summed E-state index contributed by atoms with van der Waals surface area (Å²) in [5.74, 6) is 0.166. The number of carbonyl (C=O) groups is 1. The van der Waals surface area contributed by atoms with Gasteiger partial charge in [-0.2, -0.15) is 0 Å². The van der Waals surface area contributed by atoms with E-state index >= 15 is 0 Å². The molecule has 0 aliphatic rings. The standard InChI is InChI=1S/C12H16O3/c1-4-11(13)15-10-7-5-6-9(8(2)3)12(10)14/h5-8,14H,4H2,1-3H3. The van der Waals surface area contributed by atoms with E-state index in [9.17, 15) is 9.90 Å². The number of benzene rings is 1. The molecule has 0 saturated heterocycles. The van der Waals surface area contributed by atoms with Crippen molar-refractivity contribution in [2.24, 2.45) is 0 Å². The zero-order valence-electron chi connectivity index (χ0n) is 9.28. The molecule has 0 aliphatic carbocycles. The topological polar surface area (TPSA) is 46.5 Å². The van der Waals surface area contributed by atoms with Crippen LogP contribution >= 0.6 is 0 Å². The number of phenolic OH excluding ortho intramolecular Hbond substituents is 1. The second-order valence-corrected chi connectivity index (χ2v) is 3.68. The first kappa shape index (κ1) is 11.6. The monoisotopic (exact) mass is 208 g/mol. The number of ether oxygens (including phenoxy) is 1. The van der Waals surface area contributed by atoms with Crippen LogP contribution in [-0.2, 0) is 4.79 Å². The van der Waals surface area contributed by atoms with Crippen LogP contribution in [0.25, 0.3) is 0 Å². The molecule has 0 bridgehead atoms. The van der Waals surface area contributed by atoms with Crippen molar-refractivity contribution in [1.82, 2.24) is 0 Å². The molecule has 0 heterocycles. The predicted octanol–water partition coefficient (Wildman–Crippen LogP) is 2.83. The average molecular weight is 208 g/mol. The molecular weight excluding hydrogens is 192 g/mol. The lowest BCUT2D eigenvalue weighted by Gasteiger charge is -2.11. The Hall–Kier alpha value is -1.51. The molecule has 0 aliphatic heterocycles. The zero-order valence-corrected chi connectivity index (χ0v) is 9.28. The molecule has 1 aromatic carbocycles. The molecule has 3 nitrogen and oxygen atoms in total. The van der Waals surface area contributed by atoms with Gasteiger partial charge in [-0.15, -0.1) is 0 Å². The van der Waals surface area contributed by atoms with Gasteiger partial charge >= 0.3 is 5.97 Å². The van der Waals surface area contributed by atoms with Gasteiger partial charge in [0.1, 0.15) is 0 Å². The summed E-state index contributed by atoms with van der Waals surface area (Å²) >= 11 is 0. The summed E-state index contributed by atoms with van der Waals surface area (Å²) in [5.41, 5.74) is 0.788. The van der Waals surface area contributed by atoms with Crippen molar-refractivity contribution in [3.63, 3.8) is 0 Å². The van der Waals surface area contributed by atoms with Gasteiger partial charge in [-0.1, -0.05) is 32.9 Å². The second-order valence-electron chi connectivity index (χ2n) is 3.68. The number of para-hydroxylation sites is 1. The molecule has 15 heavy (non-hydrogen) atoms. The second kappa shape index (κ2) is 4.82. The largest absolute Gasteiger partial charge is 0.504 e. The summed E-state index contributed by atoms with van der Waals surface area (Å²) in [7, 11) is 0. The van der Waals surface area contributed by atoms with Gasteiger partial charge < -0.3 is 9.84 Å². The van der Waals surface area contributed by atoms with Crippen LogP contribution in [-0.4, -0.2) is 11.1 Å². The maximum atomic E-state index is 11.1. The minimum Gasteiger partial charge on any atom is -0.504 e. The SMILES string of the molecule is CCC(=O)Oc1cccc(C(C)C)c1O. The Balaban J connectivity index is 2.99. The van der Waals surface area contributed by atoms with E-state index in [2.05, 4.69) is 0 Å². The number of carbonyl (C=O) groups excluding carboxylic acids is 1. The van der Waals surface area contributed by atoms with Crippen molar-refractivity contribution in [3.8, 4) is 11.5 Å². The van der Waals surface area contributed by atoms with Crippen LogP contribution in [0.3, 0.4) is 0 Å². The van der Waals surface area contributed by atoms with Crippen molar-refractivity contribution in [2.45, 2.75) is 33.1 Å². The summed E-state index contributed by atoms with van der Waals surface area (Å²) in [5, 5.41) is 9.83. The molecule has 3 heteroatoms. The molecule has 1 N–H and O–H groups in total. The van der Waals surface area contributed by atoms with Crippen molar-refractivity contribution >= 4 is 5.97 Å². The van der Waals surface area contributed by atoms with E-state index in [0.29, 0.717) is 6.42 Å². The van der Waals surface area contributed by atoms with Gasteiger partial charge in [0.05, 0.1) is 0 Å². The Morgan fingerprint density at radius 1 is 1.47 bits per heavy atom. The van der Waals surface area contributed by atoms with Crippen molar-refractivity contribution in [2.75, 3.05) is 0 Å². The van der Waals surface area contributed by atoms with E-state index in [1.807, 2.05) is 19.9 Å². The first-order chi connectivity index (χ1) is 7.06. The minimum atomic E-state index is -0.341. The third-order valence-electron chi connectivity index (χ3n) is 2.16. The number of esters is 1.